The maximum Gasteiger partial charge on any atom is 0.302 e. The van der Waals surface area contributed by atoms with Gasteiger partial charge in [-0.2, -0.15) is 0 Å². The maximum atomic E-state index is 11.9. The molecule has 3 fully saturated rings. The molecule has 192 valence electrons. The van der Waals surface area contributed by atoms with Crippen LogP contribution >= 0.6 is 0 Å². The molecule has 2 nitrogen and oxygen atoms in total. The van der Waals surface area contributed by atoms with Gasteiger partial charge in [-0.3, -0.25) is 4.79 Å². The van der Waals surface area contributed by atoms with Crippen LogP contribution in [0.15, 0.2) is 11.1 Å². The fourth-order valence-corrected chi connectivity index (χ4v) is 10.8. The van der Waals surface area contributed by atoms with Crippen LogP contribution in [0.2, 0.25) is 0 Å². The highest BCUT2D eigenvalue weighted by atomic mass is 16.5. The van der Waals surface area contributed by atoms with Gasteiger partial charge in [-0.1, -0.05) is 66.5 Å². The van der Waals surface area contributed by atoms with E-state index in [0.717, 1.165) is 12.3 Å². The molecule has 5 aliphatic rings. The SMILES string of the molecule is CC(=O)O[C@@H]1CC[C@@]2(C)C3=C(CCC2C1(C)C)[C@]1(C)CC[C@]2(C)CCC(C)(C)C[C@@H]2[C@@]1(C)CC3. The minimum absolute atomic E-state index is 0.0391. The van der Waals surface area contributed by atoms with Crippen molar-refractivity contribution in [1.82, 2.24) is 0 Å². The molecule has 0 aliphatic heterocycles. The summed E-state index contributed by atoms with van der Waals surface area (Å²) in [6, 6.07) is 0. The van der Waals surface area contributed by atoms with Gasteiger partial charge in [0.05, 0.1) is 0 Å². The summed E-state index contributed by atoms with van der Waals surface area (Å²) in [5.41, 5.74) is 5.83. The molecule has 1 unspecified atom stereocenters. The molecule has 5 rings (SSSR count). The highest BCUT2D eigenvalue weighted by Crippen LogP contribution is 2.75. The first-order valence-corrected chi connectivity index (χ1v) is 14.5. The Morgan fingerprint density at radius 1 is 0.765 bits per heavy atom. The summed E-state index contributed by atoms with van der Waals surface area (Å²) in [7, 11) is 0. The Bertz CT molecular complexity index is 910. The van der Waals surface area contributed by atoms with E-state index in [1.807, 2.05) is 11.1 Å². The lowest BCUT2D eigenvalue weighted by atomic mass is 9.35. The monoisotopic (exact) mass is 468 g/mol. The molecule has 7 atom stereocenters. The van der Waals surface area contributed by atoms with Crippen LogP contribution in [0.1, 0.15) is 133 Å². The molecule has 0 amide bonds. The summed E-state index contributed by atoms with van der Waals surface area (Å²) >= 11 is 0. The Labute approximate surface area is 210 Å². The van der Waals surface area contributed by atoms with Crippen molar-refractivity contribution in [1.29, 1.82) is 0 Å². The predicted octanol–water partition coefficient (Wildman–Crippen LogP) is 8.88. The first-order valence-electron chi connectivity index (χ1n) is 14.5. The fourth-order valence-electron chi connectivity index (χ4n) is 10.8. The van der Waals surface area contributed by atoms with Crippen LogP contribution in [0.5, 0.6) is 0 Å². The Kier molecular flexibility index (Phi) is 5.40. The van der Waals surface area contributed by atoms with E-state index in [4.69, 9.17) is 4.74 Å². The van der Waals surface area contributed by atoms with Gasteiger partial charge in [0, 0.05) is 12.3 Å². The quantitative estimate of drug-likeness (QED) is 0.284. The van der Waals surface area contributed by atoms with Gasteiger partial charge < -0.3 is 4.74 Å². The van der Waals surface area contributed by atoms with Crippen LogP contribution in [-0.4, -0.2) is 12.1 Å². The van der Waals surface area contributed by atoms with Crippen molar-refractivity contribution in [2.75, 3.05) is 0 Å². The normalized spacial score (nSPS) is 49.3. The molecule has 0 N–H and O–H groups in total. The summed E-state index contributed by atoms with van der Waals surface area (Å²) in [6.07, 6.45) is 14.5. The second kappa shape index (κ2) is 7.38. The molecule has 5 aliphatic carbocycles. The number of rotatable bonds is 1. The third kappa shape index (κ3) is 3.21. The van der Waals surface area contributed by atoms with Crippen LogP contribution in [0.3, 0.4) is 0 Å². The van der Waals surface area contributed by atoms with Crippen LogP contribution in [0, 0.1) is 44.3 Å². The van der Waals surface area contributed by atoms with E-state index in [1.165, 1.54) is 64.2 Å². The molecule has 0 saturated heterocycles. The predicted molar refractivity (Wildman–Crippen MR) is 140 cm³/mol. The van der Waals surface area contributed by atoms with E-state index < -0.39 is 0 Å². The first-order chi connectivity index (χ1) is 15.6. The molecule has 0 aromatic rings. The Hall–Kier alpha value is -0.790. The van der Waals surface area contributed by atoms with Crippen molar-refractivity contribution in [3.05, 3.63) is 11.1 Å². The van der Waals surface area contributed by atoms with E-state index in [-0.39, 0.29) is 22.9 Å². The molecule has 0 radical (unpaired) electrons. The number of carbonyl (C=O) groups is 1. The minimum atomic E-state index is -0.112. The summed E-state index contributed by atoms with van der Waals surface area (Å²) in [5, 5.41) is 0. The van der Waals surface area contributed by atoms with Crippen molar-refractivity contribution in [2.24, 2.45) is 44.3 Å². The zero-order chi connectivity index (χ0) is 24.9. The number of esters is 1. The van der Waals surface area contributed by atoms with Crippen molar-refractivity contribution >= 4 is 5.97 Å². The van der Waals surface area contributed by atoms with Crippen LogP contribution in [-0.2, 0) is 9.53 Å². The van der Waals surface area contributed by atoms with Crippen molar-refractivity contribution in [2.45, 2.75) is 139 Å². The fraction of sp³-hybridized carbons (Fsp3) is 0.906. The number of hydrogen-bond donors (Lipinski definition) is 0. The lowest BCUT2D eigenvalue weighted by molar-refractivity contribution is -0.171. The Morgan fingerprint density at radius 3 is 2.12 bits per heavy atom. The number of carbonyl (C=O) groups excluding carboxylic acids is 1. The molecule has 34 heavy (non-hydrogen) atoms. The van der Waals surface area contributed by atoms with Crippen LogP contribution in [0.4, 0.5) is 0 Å². The largest absolute Gasteiger partial charge is 0.462 e. The standard InChI is InChI=1S/C32H52O2/c1-21(33)34-26-13-14-30(7)22-12-15-32(9)25-20-27(2,3)16-17-29(25,6)18-19-31(32,8)23(22)10-11-24(30)28(26,4)5/h24-26H,10-20H2,1-9H3/t24?,25-,26+,29-,30-,31-,32+/m0/s1. The maximum absolute atomic E-state index is 11.9. The number of ether oxygens (including phenoxy) is 1. The zero-order valence-electron chi connectivity index (χ0n) is 23.8. The summed E-state index contributed by atoms with van der Waals surface area (Å²) in [4.78, 5) is 11.9. The van der Waals surface area contributed by atoms with Gasteiger partial charge in [0.1, 0.15) is 6.10 Å². The molecular formula is C32H52O2. The first kappa shape index (κ1) is 24.9. The molecule has 2 heteroatoms. The second-order valence-corrected chi connectivity index (χ2v) is 15.7. The van der Waals surface area contributed by atoms with Gasteiger partial charge in [0.15, 0.2) is 0 Å². The third-order valence-corrected chi connectivity index (χ3v) is 13.2. The smallest absolute Gasteiger partial charge is 0.302 e. The molecule has 0 aromatic carbocycles. The molecule has 0 aromatic heterocycles. The van der Waals surface area contributed by atoms with E-state index in [2.05, 4.69) is 55.4 Å². The molecule has 0 heterocycles. The number of hydrogen-bond acceptors (Lipinski definition) is 2. The van der Waals surface area contributed by atoms with Gasteiger partial charge in [-0.15, -0.1) is 0 Å². The second-order valence-electron chi connectivity index (χ2n) is 15.7. The topological polar surface area (TPSA) is 26.3 Å². The highest BCUT2D eigenvalue weighted by molar-refractivity contribution is 5.66. The van der Waals surface area contributed by atoms with E-state index >= 15 is 0 Å². The lowest BCUT2D eigenvalue weighted by Crippen LogP contribution is -2.61. The number of allylic oxidation sites excluding steroid dienone is 2. The Balaban J connectivity index is 1.54. The van der Waals surface area contributed by atoms with E-state index in [1.54, 1.807) is 6.92 Å². The summed E-state index contributed by atoms with van der Waals surface area (Å²) in [5.74, 6) is 1.34. The third-order valence-electron chi connectivity index (χ3n) is 13.2. The molecule has 0 spiro atoms. The van der Waals surface area contributed by atoms with Gasteiger partial charge in [0.2, 0.25) is 0 Å². The van der Waals surface area contributed by atoms with Crippen molar-refractivity contribution < 1.29 is 9.53 Å². The molecule has 0 bridgehead atoms. The van der Waals surface area contributed by atoms with E-state index in [0.29, 0.717) is 27.6 Å². The van der Waals surface area contributed by atoms with Gasteiger partial charge in [-0.05, 0) is 110 Å². The van der Waals surface area contributed by atoms with E-state index in [9.17, 15) is 4.79 Å². The van der Waals surface area contributed by atoms with Gasteiger partial charge in [-0.25, -0.2) is 0 Å². The van der Waals surface area contributed by atoms with Gasteiger partial charge >= 0.3 is 5.97 Å². The number of fused-ring (bicyclic) bond motifs is 6. The average Bonchev–Trinajstić information content (AvgIpc) is 2.73. The minimum Gasteiger partial charge on any atom is -0.462 e. The average molecular weight is 469 g/mol. The van der Waals surface area contributed by atoms with Crippen molar-refractivity contribution in [3.63, 3.8) is 0 Å². The highest BCUT2D eigenvalue weighted by Gasteiger charge is 2.66. The Morgan fingerprint density at radius 2 is 1.44 bits per heavy atom. The molecule has 3 saturated carbocycles. The van der Waals surface area contributed by atoms with Crippen molar-refractivity contribution in [3.8, 4) is 0 Å². The summed E-state index contributed by atoms with van der Waals surface area (Å²) in [6.45, 7) is 22.1. The lowest BCUT2D eigenvalue weighted by Gasteiger charge is -2.69. The zero-order valence-corrected chi connectivity index (χ0v) is 23.8. The summed E-state index contributed by atoms with van der Waals surface area (Å²) < 4.78 is 5.89. The van der Waals surface area contributed by atoms with Crippen LogP contribution in [0.25, 0.3) is 0 Å². The molecular weight excluding hydrogens is 416 g/mol. The van der Waals surface area contributed by atoms with Gasteiger partial charge in [0.25, 0.3) is 0 Å². The van der Waals surface area contributed by atoms with Crippen LogP contribution < -0.4 is 0 Å².